The normalized spacial score (nSPS) is 12.6. The lowest BCUT2D eigenvalue weighted by Gasteiger charge is -2.01. The lowest BCUT2D eigenvalue weighted by Crippen LogP contribution is -2.10. The molecule has 2 heterocycles. The first-order valence-electron chi connectivity index (χ1n) is 6.29. The first-order chi connectivity index (χ1) is 9.45. The van der Waals surface area contributed by atoms with Gasteiger partial charge in [-0.1, -0.05) is 42.5 Å². The van der Waals surface area contributed by atoms with Gasteiger partial charge in [0.2, 0.25) is 0 Å². The summed E-state index contributed by atoms with van der Waals surface area (Å²) in [4.78, 5) is 4.41. The Kier molecular flexibility index (Phi) is 3.28. The van der Waals surface area contributed by atoms with E-state index in [2.05, 4.69) is 45.9 Å². The monoisotopic (exact) mass is 249 g/mol. The van der Waals surface area contributed by atoms with Gasteiger partial charge in [-0.2, -0.15) is 0 Å². The molecule has 2 N–H and O–H groups in total. The molecular formula is C16H15N3. The highest BCUT2D eigenvalue weighted by Crippen LogP contribution is 2.22. The smallest absolute Gasteiger partial charge is 0.0840 e. The Labute approximate surface area is 112 Å². The fraction of sp³-hybridized carbons (Fsp3) is 0.0625. The average molecular weight is 249 g/mol. The Morgan fingerprint density at radius 2 is 1.47 bits per heavy atom. The molecule has 19 heavy (non-hydrogen) atoms. The average Bonchev–Trinajstić information content (AvgIpc) is 3.07. The fourth-order valence-corrected chi connectivity index (χ4v) is 2.10. The van der Waals surface area contributed by atoms with Gasteiger partial charge >= 0.3 is 0 Å². The van der Waals surface area contributed by atoms with Crippen molar-refractivity contribution in [2.75, 3.05) is 6.67 Å². The molecule has 0 atom stereocenters. The molecule has 0 bridgehead atoms. The summed E-state index contributed by atoms with van der Waals surface area (Å²) >= 11 is 0. The molecule has 0 saturated carbocycles. The van der Waals surface area contributed by atoms with E-state index in [9.17, 15) is 0 Å². The van der Waals surface area contributed by atoms with Gasteiger partial charge in [-0.15, -0.1) is 0 Å². The Balaban J connectivity index is 0.000000187. The summed E-state index contributed by atoms with van der Waals surface area (Å²) < 4.78 is 0. The van der Waals surface area contributed by atoms with Gasteiger partial charge in [0.15, 0.2) is 0 Å². The summed E-state index contributed by atoms with van der Waals surface area (Å²) in [6, 6.07) is 16.6. The second kappa shape index (κ2) is 5.40. The van der Waals surface area contributed by atoms with Crippen LogP contribution < -0.4 is 10.6 Å². The molecule has 2 aromatic carbocycles. The van der Waals surface area contributed by atoms with Crippen LogP contribution in [0.4, 0.5) is 0 Å². The zero-order valence-electron chi connectivity index (χ0n) is 10.5. The van der Waals surface area contributed by atoms with Crippen molar-refractivity contribution < 1.29 is 0 Å². The summed E-state index contributed by atoms with van der Waals surface area (Å²) in [6.45, 7) is 0.889. The number of fused-ring (bicyclic) bond motifs is 3. The number of benzene rings is 2. The first kappa shape index (κ1) is 11.5. The molecule has 3 aromatic rings. The Morgan fingerprint density at radius 1 is 0.789 bits per heavy atom. The maximum absolute atomic E-state index is 4.41. The van der Waals surface area contributed by atoms with Gasteiger partial charge in [0.05, 0.1) is 12.2 Å². The third-order valence-corrected chi connectivity index (χ3v) is 3.02. The van der Waals surface area contributed by atoms with E-state index in [1.807, 2.05) is 36.8 Å². The minimum absolute atomic E-state index is 0.889. The van der Waals surface area contributed by atoms with E-state index in [-0.39, 0.29) is 0 Å². The number of nitrogens with zero attached hydrogens (tertiary/aromatic N) is 1. The van der Waals surface area contributed by atoms with Crippen molar-refractivity contribution in [3.63, 3.8) is 0 Å². The van der Waals surface area contributed by atoms with Gasteiger partial charge in [0.25, 0.3) is 0 Å². The summed E-state index contributed by atoms with van der Waals surface area (Å²) in [6.07, 6.45) is 5.68. The Morgan fingerprint density at radius 3 is 2.21 bits per heavy atom. The minimum atomic E-state index is 0.889. The number of hydrogen-bond donors (Lipinski definition) is 2. The molecule has 3 heteroatoms. The van der Waals surface area contributed by atoms with Crippen LogP contribution in [-0.2, 0) is 0 Å². The standard InChI is InChI=1S/C13H9N.C3H6N2/c1-2-6-11-10(5-1)9-14-13-8-4-3-7-12(11)13;1-2-5-3-4-1/h1-9H;1-2,4-5H,3H2. The molecule has 0 amide bonds. The van der Waals surface area contributed by atoms with E-state index in [0.29, 0.717) is 0 Å². The second-order valence-corrected chi connectivity index (χ2v) is 4.28. The summed E-state index contributed by atoms with van der Waals surface area (Å²) in [7, 11) is 0. The SMILES string of the molecule is C1=CNCN1.c1ccc2c(c1)cnc1ccccc12. The van der Waals surface area contributed by atoms with E-state index in [1.54, 1.807) is 0 Å². The van der Waals surface area contributed by atoms with Crippen LogP contribution in [0.3, 0.4) is 0 Å². The van der Waals surface area contributed by atoms with E-state index in [4.69, 9.17) is 0 Å². The Hall–Kier alpha value is -2.55. The van der Waals surface area contributed by atoms with Crippen LogP contribution in [0.15, 0.2) is 67.1 Å². The molecule has 0 spiro atoms. The van der Waals surface area contributed by atoms with E-state index >= 15 is 0 Å². The van der Waals surface area contributed by atoms with Crippen LogP contribution in [0.5, 0.6) is 0 Å². The molecule has 1 aromatic heterocycles. The van der Waals surface area contributed by atoms with Crippen LogP contribution in [-0.4, -0.2) is 11.7 Å². The maximum Gasteiger partial charge on any atom is 0.0840 e. The third-order valence-electron chi connectivity index (χ3n) is 3.02. The minimum Gasteiger partial charge on any atom is -0.373 e. The van der Waals surface area contributed by atoms with E-state index in [1.165, 1.54) is 16.2 Å². The van der Waals surface area contributed by atoms with Crippen molar-refractivity contribution in [3.05, 3.63) is 67.1 Å². The van der Waals surface area contributed by atoms with Crippen molar-refractivity contribution in [2.45, 2.75) is 0 Å². The van der Waals surface area contributed by atoms with E-state index < -0.39 is 0 Å². The van der Waals surface area contributed by atoms with Crippen molar-refractivity contribution in [2.24, 2.45) is 0 Å². The van der Waals surface area contributed by atoms with Gasteiger partial charge in [0.1, 0.15) is 0 Å². The van der Waals surface area contributed by atoms with Gasteiger partial charge in [-0.3, -0.25) is 4.98 Å². The number of rotatable bonds is 0. The van der Waals surface area contributed by atoms with Crippen LogP contribution in [0.2, 0.25) is 0 Å². The van der Waals surface area contributed by atoms with Crippen LogP contribution in [0.1, 0.15) is 0 Å². The maximum atomic E-state index is 4.41. The van der Waals surface area contributed by atoms with Crippen molar-refractivity contribution in [1.82, 2.24) is 15.6 Å². The van der Waals surface area contributed by atoms with Crippen molar-refractivity contribution in [3.8, 4) is 0 Å². The topological polar surface area (TPSA) is 37.0 Å². The van der Waals surface area contributed by atoms with Gasteiger partial charge in [-0.25, -0.2) is 0 Å². The van der Waals surface area contributed by atoms with Crippen LogP contribution >= 0.6 is 0 Å². The quantitative estimate of drug-likeness (QED) is 0.601. The summed E-state index contributed by atoms with van der Waals surface area (Å²) in [5.41, 5.74) is 1.06. The molecule has 0 aliphatic carbocycles. The fourth-order valence-electron chi connectivity index (χ4n) is 2.10. The van der Waals surface area contributed by atoms with Gasteiger partial charge < -0.3 is 10.6 Å². The molecule has 4 rings (SSSR count). The van der Waals surface area contributed by atoms with Crippen molar-refractivity contribution in [1.29, 1.82) is 0 Å². The number of aromatic nitrogens is 1. The highest BCUT2D eigenvalue weighted by atomic mass is 15.1. The molecule has 3 nitrogen and oxygen atoms in total. The molecule has 1 aliphatic rings. The zero-order valence-corrected chi connectivity index (χ0v) is 10.5. The summed E-state index contributed by atoms with van der Waals surface area (Å²) in [5, 5.41) is 9.56. The number of nitrogens with one attached hydrogen (secondary N) is 2. The molecular weight excluding hydrogens is 234 g/mol. The molecule has 94 valence electrons. The summed E-state index contributed by atoms with van der Waals surface area (Å²) in [5.74, 6) is 0. The molecule has 1 aliphatic heterocycles. The molecule has 0 radical (unpaired) electrons. The van der Waals surface area contributed by atoms with Crippen molar-refractivity contribution >= 4 is 21.7 Å². The molecule has 0 unspecified atom stereocenters. The lowest BCUT2D eigenvalue weighted by atomic mass is 10.1. The van der Waals surface area contributed by atoms with Gasteiger partial charge in [-0.05, 0) is 11.5 Å². The second-order valence-electron chi connectivity index (χ2n) is 4.28. The number of para-hydroxylation sites is 1. The zero-order chi connectivity index (χ0) is 12.9. The predicted octanol–water partition coefficient (Wildman–Crippen LogP) is 3.00. The van der Waals surface area contributed by atoms with E-state index in [0.717, 1.165) is 12.2 Å². The van der Waals surface area contributed by atoms with Gasteiger partial charge in [0, 0.05) is 29.4 Å². The highest BCUT2D eigenvalue weighted by Gasteiger charge is 1.98. The van der Waals surface area contributed by atoms with Crippen LogP contribution in [0, 0.1) is 0 Å². The molecule has 0 saturated heterocycles. The number of hydrogen-bond acceptors (Lipinski definition) is 3. The van der Waals surface area contributed by atoms with Crippen LogP contribution in [0.25, 0.3) is 21.7 Å². The Bertz CT molecular complexity index is 658. The largest absolute Gasteiger partial charge is 0.373 e. The highest BCUT2D eigenvalue weighted by molar-refractivity contribution is 6.05. The predicted molar refractivity (Wildman–Crippen MR) is 79.5 cm³/mol. The number of pyridine rings is 1. The molecule has 0 fully saturated rings. The first-order valence-corrected chi connectivity index (χ1v) is 6.29. The lowest BCUT2D eigenvalue weighted by molar-refractivity contribution is 0.836. The third kappa shape index (κ3) is 2.50.